The van der Waals surface area contributed by atoms with E-state index in [0.29, 0.717) is 5.56 Å². The second-order valence-electron chi connectivity index (χ2n) is 7.96. The van der Waals surface area contributed by atoms with Crippen LogP contribution in [0.5, 0.6) is 0 Å². The molecule has 0 saturated heterocycles. The molecule has 1 aliphatic heterocycles. The molecule has 0 fully saturated rings. The topological polar surface area (TPSA) is 37.6 Å². The molecule has 2 aromatic carbocycles. The molecule has 0 radical (unpaired) electrons. The van der Waals surface area contributed by atoms with Crippen molar-refractivity contribution in [2.45, 2.75) is 34.1 Å². The highest BCUT2D eigenvalue weighted by molar-refractivity contribution is 6.32. The maximum Gasteiger partial charge on any atom is 0.280 e. The molecule has 4 nitrogen and oxygen atoms in total. The normalized spacial score (nSPS) is 15.0. The van der Waals surface area contributed by atoms with Crippen LogP contribution in [-0.2, 0) is 11.2 Å². The van der Waals surface area contributed by atoms with Crippen molar-refractivity contribution in [3.05, 3.63) is 87.5 Å². The average Bonchev–Trinajstić information content (AvgIpc) is 3.26. The van der Waals surface area contributed by atoms with Gasteiger partial charge >= 0.3 is 0 Å². The zero-order valence-electron chi connectivity index (χ0n) is 18.8. The maximum atomic E-state index is 14.3. The minimum absolute atomic E-state index is 0.0227. The highest BCUT2D eigenvalue weighted by Gasteiger charge is 2.37. The van der Waals surface area contributed by atoms with Crippen LogP contribution < -0.4 is 5.01 Å². The zero-order valence-corrected chi connectivity index (χ0v) is 18.8. The van der Waals surface area contributed by atoms with Crippen LogP contribution in [0.2, 0.25) is 0 Å². The Morgan fingerprint density at radius 1 is 0.882 bits per heavy atom. The van der Waals surface area contributed by atoms with Crippen LogP contribution in [0.25, 0.3) is 11.8 Å². The molecule has 176 valence electrons. The number of rotatable bonds is 4. The number of aromatic nitrogens is 1. The lowest BCUT2D eigenvalue weighted by Crippen LogP contribution is -2.25. The molecule has 34 heavy (non-hydrogen) atoms. The Morgan fingerprint density at radius 2 is 1.44 bits per heavy atom. The number of hydrogen-bond acceptors (Lipinski definition) is 2. The molecule has 2 heterocycles. The van der Waals surface area contributed by atoms with Crippen molar-refractivity contribution >= 4 is 23.4 Å². The van der Waals surface area contributed by atoms with E-state index in [1.807, 2.05) is 48.7 Å². The SMILES string of the molecule is CCc1ccc(-n2c(C)cc(/C=C3/C(=O)N(c4c(F)c(F)c(F)c(F)c4F)N=C3C)c2C)cc1. The summed E-state index contributed by atoms with van der Waals surface area (Å²) >= 11 is 0. The van der Waals surface area contributed by atoms with E-state index in [-0.39, 0.29) is 16.3 Å². The Morgan fingerprint density at radius 3 is 2.00 bits per heavy atom. The Labute approximate surface area is 192 Å². The van der Waals surface area contributed by atoms with Gasteiger partial charge in [0, 0.05) is 17.1 Å². The van der Waals surface area contributed by atoms with E-state index in [1.165, 1.54) is 18.6 Å². The zero-order chi connectivity index (χ0) is 24.9. The summed E-state index contributed by atoms with van der Waals surface area (Å²) < 4.78 is 71.3. The number of amides is 1. The predicted molar refractivity (Wildman–Crippen MR) is 119 cm³/mol. The van der Waals surface area contributed by atoms with Gasteiger partial charge < -0.3 is 4.57 Å². The number of halogens is 5. The summed E-state index contributed by atoms with van der Waals surface area (Å²) in [6, 6.07) is 9.83. The maximum absolute atomic E-state index is 14.3. The van der Waals surface area contributed by atoms with E-state index in [2.05, 4.69) is 12.0 Å². The van der Waals surface area contributed by atoms with E-state index in [9.17, 15) is 26.7 Å². The van der Waals surface area contributed by atoms with Crippen molar-refractivity contribution in [1.29, 1.82) is 0 Å². The van der Waals surface area contributed by atoms with Crippen molar-refractivity contribution in [2.24, 2.45) is 5.10 Å². The van der Waals surface area contributed by atoms with Crippen LogP contribution >= 0.6 is 0 Å². The molecular formula is C25H20F5N3O. The van der Waals surface area contributed by atoms with Gasteiger partial charge in [0.2, 0.25) is 5.82 Å². The monoisotopic (exact) mass is 473 g/mol. The number of carbonyl (C=O) groups excluding carboxylic acids is 1. The summed E-state index contributed by atoms with van der Waals surface area (Å²) in [5.74, 6) is -11.9. The Bertz CT molecular complexity index is 1360. The third-order valence-electron chi connectivity index (χ3n) is 5.83. The van der Waals surface area contributed by atoms with Gasteiger partial charge in [0.15, 0.2) is 23.3 Å². The van der Waals surface area contributed by atoms with Crippen molar-refractivity contribution in [2.75, 3.05) is 5.01 Å². The summed E-state index contributed by atoms with van der Waals surface area (Å²) in [7, 11) is 0. The Kier molecular flexibility index (Phi) is 5.89. The molecule has 0 unspecified atom stereocenters. The van der Waals surface area contributed by atoms with Crippen molar-refractivity contribution in [3.63, 3.8) is 0 Å². The van der Waals surface area contributed by atoms with Crippen LogP contribution in [0.3, 0.4) is 0 Å². The minimum atomic E-state index is -2.30. The lowest BCUT2D eigenvalue weighted by molar-refractivity contribution is -0.114. The van der Waals surface area contributed by atoms with Gasteiger partial charge in [-0.25, -0.2) is 22.0 Å². The number of carbonyl (C=O) groups is 1. The van der Waals surface area contributed by atoms with Crippen LogP contribution in [-0.4, -0.2) is 16.2 Å². The molecule has 0 bridgehead atoms. The van der Waals surface area contributed by atoms with Crippen molar-refractivity contribution in [3.8, 4) is 5.69 Å². The van der Waals surface area contributed by atoms with Gasteiger partial charge in [0.1, 0.15) is 5.69 Å². The second kappa shape index (κ2) is 8.55. The molecule has 0 atom stereocenters. The fraction of sp³-hybridized carbons (Fsp3) is 0.200. The molecule has 9 heteroatoms. The molecule has 0 spiro atoms. The van der Waals surface area contributed by atoms with Crippen LogP contribution in [0.15, 0.2) is 41.0 Å². The summed E-state index contributed by atoms with van der Waals surface area (Å²) in [4.78, 5) is 12.9. The highest BCUT2D eigenvalue weighted by atomic mass is 19.2. The van der Waals surface area contributed by atoms with Crippen LogP contribution in [0.4, 0.5) is 27.6 Å². The molecule has 1 aliphatic rings. The quantitative estimate of drug-likeness (QED) is 0.194. The third-order valence-corrected chi connectivity index (χ3v) is 5.83. The van der Waals surface area contributed by atoms with E-state index in [4.69, 9.17) is 0 Å². The first kappa shape index (κ1) is 23.4. The number of hydrogen-bond donors (Lipinski definition) is 0. The molecule has 3 aromatic rings. The van der Waals surface area contributed by atoms with E-state index < -0.39 is 40.7 Å². The number of benzene rings is 2. The molecule has 0 saturated carbocycles. The summed E-state index contributed by atoms with van der Waals surface area (Å²) in [5.41, 5.74) is 3.07. The van der Waals surface area contributed by atoms with Crippen molar-refractivity contribution < 1.29 is 26.7 Å². The Hall–Kier alpha value is -3.75. The minimum Gasteiger partial charge on any atom is -0.318 e. The largest absolute Gasteiger partial charge is 0.318 e. The van der Waals surface area contributed by atoms with Gasteiger partial charge in [0.25, 0.3) is 5.91 Å². The van der Waals surface area contributed by atoms with Gasteiger partial charge in [-0.2, -0.15) is 10.1 Å². The molecule has 0 N–H and O–H groups in total. The standard InChI is InChI=1S/C25H20F5N3O/c1-5-15-6-8-17(9-7-15)32-12(2)10-16(14(32)4)11-18-13(3)31-33(25(18)34)24-22(29)20(27)19(26)21(28)23(24)30/h6-11H,5H2,1-4H3/b18-11+. The van der Waals surface area contributed by atoms with Crippen LogP contribution in [0.1, 0.15) is 36.4 Å². The summed E-state index contributed by atoms with van der Waals surface area (Å²) in [5, 5.41) is 3.99. The van der Waals surface area contributed by atoms with Gasteiger partial charge in [-0.15, -0.1) is 0 Å². The third kappa shape index (κ3) is 3.61. The van der Waals surface area contributed by atoms with E-state index >= 15 is 0 Å². The van der Waals surface area contributed by atoms with Gasteiger partial charge in [-0.05, 0) is 62.6 Å². The fourth-order valence-electron chi connectivity index (χ4n) is 3.98. The highest BCUT2D eigenvalue weighted by Crippen LogP contribution is 2.34. The molecular weight excluding hydrogens is 453 g/mol. The first-order chi connectivity index (χ1) is 16.1. The number of hydrazone groups is 1. The van der Waals surface area contributed by atoms with E-state index in [1.54, 1.807) is 0 Å². The predicted octanol–water partition coefficient (Wildman–Crippen LogP) is 6.16. The first-order valence-electron chi connectivity index (χ1n) is 10.5. The molecule has 1 aromatic heterocycles. The number of anilines is 1. The lowest BCUT2D eigenvalue weighted by atomic mass is 10.1. The fourth-order valence-corrected chi connectivity index (χ4v) is 3.98. The number of nitrogens with zero attached hydrogens (tertiary/aromatic N) is 3. The molecule has 4 rings (SSSR count). The average molecular weight is 473 g/mol. The summed E-state index contributed by atoms with van der Waals surface area (Å²) in [6.45, 7) is 7.21. The Balaban J connectivity index is 1.76. The first-order valence-corrected chi connectivity index (χ1v) is 10.5. The number of aryl methyl sites for hydroxylation is 2. The van der Waals surface area contributed by atoms with E-state index in [0.717, 1.165) is 23.5 Å². The molecule has 1 amide bonds. The molecule has 0 aliphatic carbocycles. The van der Waals surface area contributed by atoms with Crippen molar-refractivity contribution in [1.82, 2.24) is 4.57 Å². The van der Waals surface area contributed by atoms with Gasteiger partial charge in [-0.1, -0.05) is 19.1 Å². The van der Waals surface area contributed by atoms with Gasteiger partial charge in [0.05, 0.1) is 11.3 Å². The van der Waals surface area contributed by atoms with Crippen LogP contribution in [0, 0.1) is 42.9 Å². The second-order valence-corrected chi connectivity index (χ2v) is 7.96. The summed E-state index contributed by atoms with van der Waals surface area (Å²) in [6.07, 6.45) is 2.40. The van der Waals surface area contributed by atoms with Gasteiger partial charge in [-0.3, -0.25) is 4.79 Å². The lowest BCUT2D eigenvalue weighted by Gasteiger charge is -2.15. The smallest absolute Gasteiger partial charge is 0.280 e.